The fraction of sp³-hybridized carbons (Fsp3) is 0.571. The predicted octanol–water partition coefficient (Wildman–Crippen LogP) is 2.77. The zero-order valence-electron chi connectivity index (χ0n) is 10.3. The van der Waals surface area contributed by atoms with Crippen molar-refractivity contribution in [2.24, 2.45) is 0 Å². The predicted molar refractivity (Wildman–Crippen MR) is 67.0 cm³/mol. The fourth-order valence-electron chi connectivity index (χ4n) is 2.38. The van der Waals surface area contributed by atoms with Crippen LogP contribution in [0.4, 0.5) is 0 Å². The van der Waals surface area contributed by atoms with Gasteiger partial charge < -0.3 is 10.1 Å². The molecule has 0 bridgehead atoms. The number of hydrogen-bond donors (Lipinski definition) is 1. The molecule has 1 aliphatic rings. The Morgan fingerprint density at radius 1 is 1.31 bits per heavy atom. The number of methoxy groups -OCH3 is 1. The smallest absolute Gasteiger partial charge is 0.118 e. The summed E-state index contributed by atoms with van der Waals surface area (Å²) < 4.78 is 5.15. The summed E-state index contributed by atoms with van der Waals surface area (Å²) in [6, 6.07) is 8.41. The quantitative estimate of drug-likeness (QED) is 0.840. The number of hydrogen-bond acceptors (Lipinski definition) is 2. The molecule has 1 aromatic rings. The van der Waals surface area contributed by atoms with E-state index in [2.05, 4.69) is 24.4 Å². The van der Waals surface area contributed by atoms with Crippen molar-refractivity contribution in [2.45, 2.75) is 38.1 Å². The fourth-order valence-corrected chi connectivity index (χ4v) is 2.38. The standard InChI is InChI=1S/C14H21NO/c1-14(9-3-11-15-14)10-8-12-4-6-13(16-2)7-5-12/h4-7,15H,3,8-11H2,1-2H3. The van der Waals surface area contributed by atoms with E-state index < -0.39 is 0 Å². The summed E-state index contributed by atoms with van der Waals surface area (Å²) in [6.07, 6.45) is 5.00. The van der Waals surface area contributed by atoms with E-state index in [0.29, 0.717) is 5.54 Å². The summed E-state index contributed by atoms with van der Waals surface area (Å²) in [6.45, 7) is 3.52. The first-order valence-corrected chi connectivity index (χ1v) is 6.10. The van der Waals surface area contributed by atoms with Gasteiger partial charge in [-0.1, -0.05) is 12.1 Å². The maximum atomic E-state index is 5.15. The van der Waals surface area contributed by atoms with Crippen LogP contribution in [0.2, 0.25) is 0 Å². The molecule has 2 heteroatoms. The molecule has 1 fully saturated rings. The van der Waals surface area contributed by atoms with Crippen LogP contribution in [0.15, 0.2) is 24.3 Å². The molecule has 0 aliphatic carbocycles. The molecule has 1 aromatic carbocycles. The zero-order valence-corrected chi connectivity index (χ0v) is 10.3. The molecule has 0 aromatic heterocycles. The Balaban J connectivity index is 1.89. The number of rotatable bonds is 4. The minimum Gasteiger partial charge on any atom is -0.497 e. The lowest BCUT2D eigenvalue weighted by Gasteiger charge is -2.24. The van der Waals surface area contributed by atoms with Gasteiger partial charge in [0.25, 0.3) is 0 Å². The van der Waals surface area contributed by atoms with Gasteiger partial charge in [-0.05, 0) is 56.8 Å². The third-order valence-corrected chi connectivity index (χ3v) is 3.58. The Labute approximate surface area is 98.0 Å². The maximum Gasteiger partial charge on any atom is 0.118 e. The summed E-state index contributed by atoms with van der Waals surface area (Å²) in [5.74, 6) is 0.939. The number of nitrogens with one attached hydrogen (secondary N) is 1. The van der Waals surface area contributed by atoms with E-state index >= 15 is 0 Å². The first-order chi connectivity index (χ1) is 7.72. The van der Waals surface area contributed by atoms with Gasteiger partial charge in [-0.3, -0.25) is 0 Å². The average Bonchev–Trinajstić information content (AvgIpc) is 2.75. The normalized spacial score (nSPS) is 24.6. The van der Waals surface area contributed by atoms with Gasteiger partial charge in [0.15, 0.2) is 0 Å². The minimum atomic E-state index is 0.361. The van der Waals surface area contributed by atoms with Crippen molar-refractivity contribution in [3.05, 3.63) is 29.8 Å². The third kappa shape index (κ3) is 2.76. The topological polar surface area (TPSA) is 21.3 Å². The van der Waals surface area contributed by atoms with Crippen LogP contribution >= 0.6 is 0 Å². The molecule has 1 saturated heterocycles. The van der Waals surface area contributed by atoms with Crippen molar-refractivity contribution in [1.82, 2.24) is 5.32 Å². The van der Waals surface area contributed by atoms with Crippen molar-refractivity contribution in [1.29, 1.82) is 0 Å². The Kier molecular flexibility index (Phi) is 3.49. The molecule has 1 heterocycles. The molecule has 16 heavy (non-hydrogen) atoms. The lowest BCUT2D eigenvalue weighted by molar-refractivity contribution is 0.384. The second-order valence-electron chi connectivity index (χ2n) is 4.94. The molecule has 1 N–H and O–H groups in total. The summed E-state index contributed by atoms with van der Waals surface area (Å²) in [5, 5.41) is 3.60. The van der Waals surface area contributed by atoms with Crippen LogP contribution in [-0.4, -0.2) is 19.2 Å². The second kappa shape index (κ2) is 4.88. The van der Waals surface area contributed by atoms with Gasteiger partial charge in [-0.15, -0.1) is 0 Å². The molecule has 1 aliphatic heterocycles. The lowest BCUT2D eigenvalue weighted by Crippen LogP contribution is -2.36. The van der Waals surface area contributed by atoms with E-state index in [0.717, 1.165) is 12.2 Å². The van der Waals surface area contributed by atoms with Crippen LogP contribution in [0.5, 0.6) is 5.75 Å². The Bertz CT molecular complexity index is 325. The van der Waals surface area contributed by atoms with Crippen LogP contribution in [-0.2, 0) is 6.42 Å². The molecule has 0 radical (unpaired) electrons. The van der Waals surface area contributed by atoms with E-state index in [1.54, 1.807) is 7.11 Å². The van der Waals surface area contributed by atoms with E-state index in [1.165, 1.54) is 31.4 Å². The molecular formula is C14H21NO. The number of aryl methyl sites for hydroxylation is 1. The highest BCUT2D eigenvalue weighted by Crippen LogP contribution is 2.24. The molecule has 0 saturated carbocycles. The summed E-state index contributed by atoms with van der Waals surface area (Å²) in [5.41, 5.74) is 1.76. The van der Waals surface area contributed by atoms with E-state index in [-0.39, 0.29) is 0 Å². The van der Waals surface area contributed by atoms with Crippen LogP contribution in [0.1, 0.15) is 31.7 Å². The summed E-state index contributed by atoms with van der Waals surface area (Å²) in [7, 11) is 1.71. The Hall–Kier alpha value is -1.02. The molecule has 1 atom stereocenters. The van der Waals surface area contributed by atoms with E-state index in [1.807, 2.05) is 12.1 Å². The molecule has 0 spiro atoms. The van der Waals surface area contributed by atoms with Crippen molar-refractivity contribution in [3.63, 3.8) is 0 Å². The highest BCUT2D eigenvalue weighted by Gasteiger charge is 2.27. The van der Waals surface area contributed by atoms with Gasteiger partial charge in [0, 0.05) is 5.54 Å². The third-order valence-electron chi connectivity index (χ3n) is 3.58. The van der Waals surface area contributed by atoms with Gasteiger partial charge in [0.2, 0.25) is 0 Å². The highest BCUT2D eigenvalue weighted by molar-refractivity contribution is 5.27. The molecular weight excluding hydrogens is 198 g/mol. The van der Waals surface area contributed by atoms with Crippen molar-refractivity contribution < 1.29 is 4.74 Å². The molecule has 0 amide bonds. The first kappa shape index (κ1) is 11.5. The average molecular weight is 219 g/mol. The van der Waals surface area contributed by atoms with Crippen LogP contribution in [0.25, 0.3) is 0 Å². The SMILES string of the molecule is COc1ccc(CCC2(C)CCCN2)cc1. The van der Waals surface area contributed by atoms with Crippen LogP contribution in [0, 0.1) is 0 Å². The van der Waals surface area contributed by atoms with Crippen molar-refractivity contribution in [3.8, 4) is 5.75 Å². The van der Waals surface area contributed by atoms with Crippen LogP contribution < -0.4 is 10.1 Å². The van der Waals surface area contributed by atoms with E-state index in [9.17, 15) is 0 Å². The molecule has 88 valence electrons. The van der Waals surface area contributed by atoms with Gasteiger partial charge in [0.1, 0.15) is 5.75 Å². The largest absolute Gasteiger partial charge is 0.497 e. The van der Waals surface area contributed by atoms with Gasteiger partial charge in [-0.25, -0.2) is 0 Å². The number of ether oxygens (including phenoxy) is 1. The second-order valence-corrected chi connectivity index (χ2v) is 4.94. The molecule has 2 rings (SSSR count). The van der Waals surface area contributed by atoms with Crippen LogP contribution in [0.3, 0.4) is 0 Å². The zero-order chi connectivity index (χ0) is 11.4. The Morgan fingerprint density at radius 3 is 2.62 bits per heavy atom. The number of benzene rings is 1. The molecule has 2 nitrogen and oxygen atoms in total. The monoisotopic (exact) mass is 219 g/mol. The van der Waals surface area contributed by atoms with Gasteiger partial charge in [0.05, 0.1) is 7.11 Å². The summed E-state index contributed by atoms with van der Waals surface area (Å²) >= 11 is 0. The van der Waals surface area contributed by atoms with E-state index in [4.69, 9.17) is 4.74 Å². The highest BCUT2D eigenvalue weighted by atomic mass is 16.5. The molecule has 1 unspecified atom stereocenters. The summed E-state index contributed by atoms with van der Waals surface area (Å²) in [4.78, 5) is 0. The maximum absolute atomic E-state index is 5.15. The lowest BCUT2D eigenvalue weighted by atomic mass is 9.92. The Morgan fingerprint density at radius 2 is 2.06 bits per heavy atom. The van der Waals surface area contributed by atoms with Crippen molar-refractivity contribution in [2.75, 3.05) is 13.7 Å². The van der Waals surface area contributed by atoms with Gasteiger partial charge in [-0.2, -0.15) is 0 Å². The first-order valence-electron chi connectivity index (χ1n) is 6.10. The minimum absolute atomic E-state index is 0.361. The van der Waals surface area contributed by atoms with Crippen molar-refractivity contribution >= 4 is 0 Å². The van der Waals surface area contributed by atoms with Gasteiger partial charge >= 0.3 is 0 Å².